The van der Waals surface area contributed by atoms with Gasteiger partial charge in [-0.2, -0.15) is 0 Å². The van der Waals surface area contributed by atoms with E-state index in [4.69, 9.17) is 0 Å². The molecule has 2 rings (SSSR count). The average Bonchev–Trinajstić information content (AvgIpc) is 2.68. The van der Waals surface area contributed by atoms with Gasteiger partial charge < -0.3 is 0 Å². The fraction of sp³-hybridized carbons (Fsp3) is 1.00. The molecule has 106 valence electrons. The maximum atomic E-state index is 2.55. The van der Waals surface area contributed by atoms with Crippen LogP contribution in [0.4, 0.5) is 0 Å². The fourth-order valence-corrected chi connectivity index (χ4v) is 9.22. The van der Waals surface area contributed by atoms with E-state index in [-0.39, 0.29) is 7.92 Å². The van der Waals surface area contributed by atoms with Crippen molar-refractivity contribution >= 4 is 7.92 Å². The molecule has 1 heteroatoms. The van der Waals surface area contributed by atoms with Crippen molar-refractivity contribution in [1.29, 1.82) is 0 Å². The van der Waals surface area contributed by atoms with Crippen molar-refractivity contribution in [3.05, 3.63) is 0 Å². The van der Waals surface area contributed by atoms with E-state index >= 15 is 0 Å². The lowest BCUT2D eigenvalue weighted by Gasteiger charge is -2.43. The predicted octanol–water partition coefficient (Wildman–Crippen LogP) is 5.75. The zero-order valence-corrected chi connectivity index (χ0v) is 14.2. The first-order valence-electron chi connectivity index (χ1n) is 8.21. The summed E-state index contributed by atoms with van der Waals surface area (Å²) >= 11 is 0. The molecule has 0 aliphatic heterocycles. The van der Waals surface area contributed by atoms with Gasteiger partial charge in [-0.1, -0.05) is 62.3 Å². The molecule has 0 N–H and O–H groups in total. The van der Waals surface area contributed by atoms with Crippen molar-refractivity contribution in [2.24, 2.45) is 23.7 Å². The van der Waals surface area contributed by atoms with Gasteiger partial charge in [-0.3, -0.25) is 0 Å². The molecule has 2 aliphatic carbocycles. The normalized spacial score (nSPS) is 40.8. The Hall–Kier alpha value is 0.430. The van der Waals surface area contributed by atoms with E-state index < -0.39 is 0 Å². The topological polar surface area (TPSA) is 0 Å². The van der Waals surface area contributed by atoms with Crippen LogP contribution >= 0.6 is 7.92 Å². The van der Waals surface area contributed by atoms with Crippen LogP contribution in [0.3, 0.4) is 0 Å². The van der Waals surface area contributed by atoms with Gasteiger partial charge in [0.25, 0.3) is 0 Å². The molecule has 5 atom stereocenters. The molecule has 18 heavy (non-hydrogen) atoms. The van der Waals surface area contributed by atoms with Crippen molar-refractivity contribution in [3.63, 3.8) is 0 Å². The highest BCUT2D eigenvalue weighted by molar-refractivity contribution is 7.59. The van der Waals surface area contributed by atoms with Gasteiger partial charge in [0.2, 0.25) is 0 Å². The number of fused-ring (bicyclic) bond motifs is 1. The van der Waals surface area contributed by atoms with Crippen molar-refractivity contribution < 1.29 is 0 Å². The first kappa shape index (κ1) is 14.8. The Bertz CT molecular complexity index is 263. The van der Waals surface area contributed by atoms with Crippen LogP contribution in [0.25, 0.3) is 0 Å². The van der Waals surface area contributed by atoms with E-state index in [1.54, 1.807) is 12.8 Å². The molecule has 0 radical (unpaired) electrons. The Morgan fingerprint density at radius 2 is 1.33 bits per heavy atom. The molecule has 0 aromatic heterocycles. The summed E-state index contributed by atoms with van der Waals surface area (Å²) in [7, 11) is 0.231. The zero-order valence-electron chi connectivity index (χ0n) is 13.3. The Labute approximate surface area is 116 Å². The Kier molecular flexibility index (Phi) is 4.80. The fourth-order valence-electron chi connectivity index (χ4n) is 5.14. The van der Waals surface area contributed by atoms with E-state index in [0.717, 1.165) is 40.6 Å². The number of rotatable bonds is 3. The molecule has 2 saturated carbocycles. The minimum Gasteiger partial charge on any atom is -0.0980 e. The zero-order chi connectivity index (χ0) is 13.4. The first-order valence-corrected chi connectivity index (χ1v) is 9.75. The van der Waals surface area contributed by atoms with Gasteiger partial charge in [0, 0.05) is 0 Å². The summed E-state index contributed by atoms with van der Waals surface area (Å²) in [5.41, 5.74) is 2.93. The second kappa shape index (κ2) is 5.82. The molecule has 5 unspecified atom stereocenters. The largest absolute Gasteiger partial charge is 0.0980 e. The van der Waals surface area contributed by atoms with E-state index in [1.165, 1.54) is 12.8 Å². The second-order valence-corrected chi connectivity index (χ2v) is 11.2. The van der Waals surface area contributed by atoms with E-state index in [1.807, 2.05) is 0 Å². The minimum atomic E-state index is 0.231. The molecule has 0 amide bonds. The molecular weight excluding hydrogens is 235 g/mol. The SMILES string of the molecule is CC1CCC(C)C2C1CCC2P(C(C)C)C(C)C. The molecule has 0 aromatic carbocycles. The van der Waals surface area contributed by atoms with Gasteiger partial charge >= 0.3 is 0 Å². The van der Waals surface area contributed by atoms with Crippen molar-refractivity contribution in [2.75, 3.05) is 0 Å². The smallest absolute Gasteiger partial charge is 0.0171 e. The molecule has 0 spiro atoms. The molecule has 0 heterocycles. The first-order chi connectivity index (χ1) is 8.43. The second-order valence-electron chi connectivity index (χ2n) is 7.55. The highest BCUT2D eigenvalue weighted by Gasteiger charge is 2.47. The standard InChI is InChI=1S/C17H33P/c1-11(2)18(12(3)4)16-10-9-15-13(5)7-8-14(6)17(15)16/h11-17H,7-10H2,1-6H3. The maximum Gasteiger partial charge on any atom is -0.0171 e. The van der Waals surface area contributed by atoms with Gasteiger partial charge in [0.05, 0.1) is 0 Å². The summed E-state index contributed by atoms with van der Waals surface area (Å²) in [5.74, 6) is 4.15. The van der Waals surface area contributed by atoms with E-state index in [9.17, 15) is 0 Å². The van der Waals surface area contributed by atoms with Crippen LogP contribution in [0, 0.1) is 23.7 Å². The molecule has 2 aliphatic rings. The summed E-state index contributed by atoms with van der Waals surface area (Å²) in [5, 5.41) is 0. The van der Waals surface area contributed by atoms with Gasteiger partial charge in [0.1, 0.15) is 0 Å². The Morgan fingerprint density at radius 3 is 1.89 bits per heavy atom. The van der Waals surface area contributed by atoms with Gasteiger partial charge in [-0.05, 0) is 53.5 Å². The summed E-state index contributed by atoms with van der Waals surface area (Å²) in [4.78, 5) is 0. The van der Waals surface area contributed by atoms with Crippen molar-refractivity contribution in [1.82, 2.24) is 0 Å². The third kappa shape index (κ3) is 2.65. The Balaban J connectivity index is 2.18. The highest BCUT2D eigenvalue weighted by Crippen LogP contribution is 2.63. The summed E-state index contributed by atoms with van der Waals surface area (Å²) in [6.07, 6.45) is 6.08. The minimum absolute atomic E-state index is 0.231. The van der Waals surface area contributed by atoms with Crippen LogP contribution in [-0.4, -0.2) is 17.0 Å². The molecule has 0 bridgehead atoms. The molecule has 0 saturated heterocycles. The monoisotopic (exact) mass is 268 g/mol. The Morgan fingerprint density at radius 1 is 0.778 bits per heavy atom. The molecule has 0 aromatic rings. The van der Waals surface area contributed by atoms with Gasteiger partial charge in [0.15, 0.2) is 0 Å². The van der Waals surface area contributed by atoms with E-state index in [0.29, 0.717) is 0 Å². The molecule has 2 fully saturated rings. The van der Waals surface area contributed by atoms with Crippen LogP contribution in [0.15, 0.2) is 0 Å². The van der Waals surface area contributed by atoms with Gasteiger partial charge in [-0.15, -0.1) is 0 Å². The lowest BCUT2D eigenvalue weighted by atomic mass is 9.69. The van der Waals surface area contributed by atoms with Crippen molar-refractivity contribution in [2.45, 2.75) is 84.2 Å². The quantitative estimate of drug-likeness (QED) is 0.572. The maximum absolute atomic E-state index is 2.55. The van der Waals surface area contributed by atoms with Crippen LogP contribution in [0.5, 0.6) is 0 Å². The van der Waals surface area contributed by atoms with Gasteiger partial charge in [-0.25, -0.2) is 0 Å². The third-order valence-electron chi connectivity index (χ3n) is 5.78. The summed E-state index contributed by atoms with van der Waals surface area (Å²) in [6.45, 7) is 15.0. The summed E-state index contributed by atoms with van der Waals surface area (Å²) < 4.78 is 0. The van der Waals surface area contributed by atoms with E-state index in [2.05, 4.69) is 41.5 Å². The number of hydrogen-bond acceptors (Lipinski definition) is 0. The third-order valence-corrected chi connectivity index (χ3v) is 9.53. The van der Waals surface area contributed by atoms with Crippen LogP contribution in [-0.2, 0) is 0 Å². The van der Waals surface area contributed by atoms with Crippen LogP contribution in [0.2, 0.25) is 0 Å². The molecule has 0 nitrogen and oxygen atoms in total. The number of hydrogen-bond donors (Lipinski definition) is 0. The van der Waals surface area contributed by atoms with Crippen LogP contribution < -0.4 is 0 Å². The highest BCUT2D eigenvalue weighted by atomic mass is 31.1. The van der Waals surface area contributed by atoms with Crippen LogP contribution in [0.1, 0.15) is 67.2 Å². The average molecular weight is 268 g/mol. The molecular formula is C17H33P. The predicted molar refractivity (Wildman–Crippen MR) is 84.8 cm³/mol. The lowest BCUT2D eigenvalue weighted by molar-refractivity contribution is 0.139. The lowest BCUT2D eigenvalue weighted by Crippen LogP contribution is -2.35. The van der Waals surface area contributed by atoms with Crippen molar-refractivity contribution in [3.8, 4) is 0 Å². The summed E-state index contributed by atoms with van der Waals surface area (Å²) in [6, 6.07) is 0.